The number of carbonyl (C=O) groups is 4. The van der Waals surface area contributed by atoms with Gasteiger partial charge < -0.3 is 15.1 Å². The Labute approximate surface area is 181 Å². The molecule has 2 bridgehead atoms. The molecule has 0 unspecified atom stereocenters. The lowest BCUT2D eigenvalue weighted by molar-refractivity contribution is -0.149. The number of rotatable bonds is 4. The van der Waals surface area contributed by atoms with Crippen LogP contribution in [-0.2, 0) is 20.9 Å². The zero-order valence-corrected chi connectivity index (χ0v) is 17.5. The summed E-state index contributed by atoms with van der Waals surface area (Å²) in [6.45, 7) is 2.18. The van der Waals surface area contributed by atoms with Gasteiger partial charge in [-0.05, 0) is 36.7 Å². The van der Waals surface area contributed by atoms with Gasteiger partial charge in [-0.3, -0.25) is 19.3 Å². The van der Waals surface area contributed by atoms with Gasteiger partial charge in [-0.15, -0.1) is 0 Å². The summed E-state index contributed by atoms with van der Waals surface area (Å²) >= 11 is 0. The number of hydrogen-bond donors (Lipinski definition) is 1. The van der Waals surface area contributed by atoms with Crippen LogP contribution in [0.15, 0.2) is 30.3 Å². The SMILES string of the molecule is O=C(C[C@@H]1NC(=O)N(Cc2ccccc2)C1=O)N1C[C@H]2C[C@@H](C1)[C@@H]1CCCC(=O)N1C2. The van der Waals surface area contributed by atoms with E-state index in [0.717, 1.165) is 31.4 Å². The average Bonchev–Trinajstić information content (AvgIpc) is 3.02. The van der Waals surface area contributed by atoms with Crippen molar-refractivity contribution in [1.82, 2.24) is 20.0 Å². The number of imide groups is 1. The maximum Gasteiger partial charge on any atom is 0.325 e. The second-order valence-electron chi connectivity index (χ2n) is 9.28. The molecule has 1 aromatic carbocycles. The van der Waals surface area contributed by atoms with Gasteiger partial charge in [0.25, 0.3) is 5.91 Å². The van der Waals surface area contributed by atoms with Crippen molar-refractivity contribution in [3.63, 3.8) is 0 Å². The summed E-state index contributed by atoms with van der Waals surface area (Å²) in [5.74, 6) is 0.422. The van der Waals surface area contributed by atoms with Crippen molar-refractivity contribution in [3.05, 3.63) is 35.9 Å². The van der Waals surface area contributed by atoms with Gasteiger partial charge in [0.2, 0.25) is 11.8 Å². The Balaban J connectivity index is 1.21. The predicted molar refractivity (Wildman–Crippen MR) is 111 cm³/mol. The van der Waals surface area contributed by atoms with Gasteiger partial charge in [-0.2, -0.15) is 0 Å². The van der Waals surface area contributed by atoms with Crippen molar-refractivity contribution in [2.45, 2.75) is 50.7 Å². The van der Waals surface area contributed by atoms with Gasteiger partial charge in [-0.25, -0.2) is 4.79 Å². The number of amides is 5. The summed E-state index contributed by atoms with van der Waals surface area (Å²) in [6, 6.07) is 8.33. The molecule has 4 saturated heterocycles. The molecule has 4 fully saturated rings. The number of nitrogens with zero attached hydrogens (tertiary/aromatic N) is 3. The van der Waals surface area contributed by atoms with Crippen LogP contribution in [0.4, 0.5) is 4.79 Å². The van der Waals surface area contributed by atoms with Gasteiger partial charge in [0, 0.05) is 32.1 Å². The second-order valence-corrected chi connectivity index (χ2v) is 9.28. The maximum absolute atomic E-state index is 13.1. The minimum Gasteiger partial charge on any atom is -0.342 e. The smallest absolute Gasteiger partial charge is 0.325 e. The first-order valence-electron chi connectivity index (χ1n) is 11.2. The highest BCUT2D eigenvalue weighted by atomic mass is 16.2. The van der Waals surface area contributed by atoms with Crippen LogP contribution in [0.5, 0.6) is 0 Å². The third-order valence-corrected chi connectivity index (χ3v) is 7.20. The Kier molecular flexibility index (Phi) is 5.16. The lowest BCUT2D eigenvalue weighted by Crippen LogP contribution is -2.61. The van der Waals surface area contributed by atoms with Crippen LogP contribution in [0.1, 0.15) is 37.7 Å². The van der Waals surface area contributed by atoms with E-state index in [1.54, 1.807) is 0 Å². The van der Waals surface area contributed by atoms with E-state index in [-0.39, 0.29) is 36.7 Å². The molecule has 4 aliphatic rings. The lowest BCUT2D eigenvalue weighted by atomic mass is 9.76. The van der Waals surface area contributed by atoms with E-state index in [9.17, 15) is 19.2 Å². The first kappa shape index (κ1) is 20.0. The first-order valence-corrected chi connectivity index (χ1v) is 11.2. The molecule has 1 N–H and O–H groups in total. The molecule has 5 rings (SSSR count). The van der Waals surface area contributed by atoms with Gasteiger partial charge >= 0.3 is 6.03 Å². The van der Waals surface area contributed by atoms with E-state index in [4.69, 9.17) is 0 Å². The summed E-state index contributed by atoms with van der Waals surface area (Å²) < 4.78 is 0. The zero-order chi connectivity index (χ0) is 21.5. The third kappa shape index (κ3) is 3.79. The first-order chi connectivity index (χ1) is 15.0. The Hall–Kier alpha value is -2.90. The van der Waals surface area contributed by atoms with Crippen LogP contribution in [-0.4, -0.2) is 70.2 Å². The topological polar surface area (TPSA) is 90.0 Å². The minimum atomic E-state index is -0.807. The summed E-state index contributed by atoms with van der Waals surface area (Å²) in [7, 11) is 0. The monoisotopic (exact) mass is 424 g/mol. The molecule has 4 aliphatic heterocycles. The van der Waals surface area contributed by atoms with Crippen molar-refractivity contribution in [2.24, 2.45) is 11.8 Å². The molecule has 0 aliphatic carbocycles. The normalized spacial score (nSPS) is 30.3. The van der Waals surface area contributed by atoms with Crippen LogP contribution in [0.25, 0.3) is 0 Å². The van der Waals surface area contributed by atoms with E-state index in [1.165, 1.54) is 4.90 Å². The quantitative estimate of drug-likeness (QED) is 0.739. The molecule has 0 spiro atoms. The Morgan fingerprint density at radius 1 is 1.06 bits per heavy atom. The Bertz CT molecular complexity index is 904. The average molecular weight is 425 g/mol. The molecule has 0 aromatic heterocycles. The van der Waals surface area contributed by atoms with Crippen LogP contribution in [0.3, 0.4) is 0 Å². The van der Waals surface area contributed by atoms with Gasteiger partial charge in [0.05, 0.1) is 13.0 Å². The van der Waals surface area contributed by atoms with Crippen molar-refractivity contribution in [3.8, 4) is 0 Å². The number of piperidine rings is 3. The maximum atomic E-state index is 13.1. The molecule has 8 heteroatoms. The largest absolute Gasteiger partial charge is 0.342 e. The molecular weight excluding hydrogens is 396 g/mol. The Morgan fingerprint density at radius 3 is 2.68 bits per heavy atom. The van der Waals surface area contributed by atoms with Crippen LogP contribution < -0.4 is 5.32 Å². The Morgan fingerprint density at radius 2 is 1.87 bits per heavy atom. The second kappa shape index (κ2) is 7.98. The molecule has 0 saturated carbocycles. The number of fused-ring (bicyclic) bond motifs is 4. The lowest BCUT2D eigenvalue weighted by Gasteiger charge is -2.52. The number of nitrogens with one attached hydrogen (secondary N) is 1. The van der Waals surface area contributed by atoms with Crippen molar-refractivity contribution in [1.29, 1.82) is 0 Å². The van der Waals surface area contributed by atoms with Crippen LogP contribution in [0.2, 0.25) is 0 Å². The molecule has 31 heavy (non-hydrogen) atoms. The van der Waals surface area contributed by atoms with E-state index in [2.05, 4.69) is 5.32 Å². The van der Waals surface area contributed by atoms with Crippen molar-refractivity contribution < 1.29 is 19.2 Å². The predicted octanol–water partition coefficient (Wildman–Crippen LogP) is 1.36. The fourth-order valence-electron chi connectivity index (χ4n) is 5.75. The van der Waals surface area contributed by atoms with Gasteiger partial charge in [-0.1, -0.05) is 30.3 Å². The zero-order valence-electron chi connectivity index (χ0n) is 17.5. The van der Waals surface area contributed by atoms with E-state index in [1.807, 2.05) is 40.1 Å². The van der Waals surface area contributed by atoms with Crippen LogP contribution in [0, 0.1) is 11.8 Å². The van der Waals surface area contributed by atoms with E-state index >= 15 is 0 Å². The highest BCUT2D eigenvalue weighted by molar-refractivity contribution is 6.05. The number of benzene rings is 1. The number of carbonyl (C=O) groups excluding carboxylic acids is 4. The van der Waals surface area contributed by atoms with E-state index in [0.29, 0.717) is 31.3 Å². The fraction of sp³-hybridized carbons (Fsp3) is 0.565. The fourth-order valence-corrected chi connectivity index (χ4v) is 5.75. The molecule has 0 radical (unpaired) electrons. The molecule has 5 amide bonds. The summed E-state index contributed by atoms with van der Waals surface area (Å²) in [5, 5.41) is 2.68. The summed E-state index contributed by atoms with van der Waals surface area (Å²) in [5.41, 5.74) is 0.869. The summed E-state index contributed by atoms with van der Waals surface area (Å²) in [6.07, 6.45) is 3.62. The molecular formula is C23H28N4O4. The van der Waals surface area contributed by atoms with Crippen molar-refractivity contribution >= 4 is 23.8 Å². The molecule has 4 atom stereocenters. The van der Waals surface area contributed by atoms with Gasteiger partial charge in [0.1, 0.15) is 6.04 Å². The number of urea groups is 1. The molecule has 8 nitrogen and oxygen atoms in total. The minimum absolute atomic E-state index is 0.0113. The van der Waals surface area contributed by atoms with E-state index < -0.39 is 12.1 Å². The van der Waals surface area contributed by atoms with Crippen molar-refractivity contribution in [2.75, 3.05) is 19.6 Å². The number of hydrogen-bond acceptors (Lipinski definition) is 4. The molecule has 164 valence electrons. The standard InChI is InChI=1S/C23H28N4O4/c28-20-8-4-7-19-17-9-16(13-26(19)20)11-25(14-17)21(29)10-18-22(30)27(23(31)24-18)12-15-5-2-1-3-6-15/h1-3,5-6,16-19H,4,7-14H2,(H,24,31)/t16-,17+,18+,19+/m1/s1. The molecule has 1 aromatic rings. The van der Waals surface area contributed by atoms with Gasteiger partial charge in [0.15, 0.2) is 0 Å². The highest BCUT2D eigenvalue weighted by Crippen LogP contribution is 2.38. The molecule has 4 heterocycles. The van der Waals surface area contributed by atoms with Crippen LogP contribution >= 0.6 is 0 Å². The number of likely N-dealkylation sites (tertiary alicyclic amines) is 1. The summed E-state index contributed by atoms with van der Waals surface area (Å²) in [4.78, 5) is 55.6. The third-order valence-electron chi connectivity index (χ3n) is 7.20. The highest BCUT2D eigenvalue weighted by Gasteiger charge is 2.46.